The number of amides is 1. The quantitative estimate of drug-likeness (QED) is 0.796. The van der Waals surface area contributed by atoms with Gasteiger partial charge in [0.05, 0.1) is 23.4 Å². The molecule has 0 bridgehead atoms. The van der Waals surface area contributed by atoms with E-state index in [1.807, 2.05) is 19.9 Å². The van der Waals surface area contributed by atoms with E-state index in [2.05, 4.69) is 15.4 Å². The molecule has 2 heterocycles. The molecule has 0 saturated heterocycles. The predicted molar refractivity (Wildman–Crippen MR) is 87.2 cm³/mol. The molecule has 3 aromatic rings. The first-order valence-electron chi connectivity index (χ1n) is 7.34. The van der Waals surface area contributed by atoms with Gasteiger partial charge in [-0.3, -0.25) is 14.2 Å². The molecule has 0 radical (unpaired) electrons. The Morgan fingerprint density at radius 3 is 2.83 bits per heavy atom. The minimum Gasteiger partial charge on any atom is -0.309 e. The Hall–Kier alpha value is -2.96. The number of nitrogens with one attached hydrogen (secondary N) is 1. The standard InChI is InChI=1S/C16H17N5O2/c1-11(2)21-14(7-8-18-21)19-15(22)9-20-10-17-13-6-4-3-5-12(13)16(20)23/h3-8,10-11H,9H2,1-2H3,(H,19,22). The number of anilines is 1. The number of rotatable bonds is 4. The van der Waals surface area contributed by atoms with Crippen molar-refractivity contribution in [3.63, 3.8) is 0 Å². The molecule has 0 fully saturated rings. The second kappa shape index (κ2) is 6.04. The smallest absolute Gasteiger partial charge is 0.261 e. The molecule has 7 nitrogen and oxygen atoms in total. The molecule has 0 saturated carbocycles. The lowest BCUT2D eigenvalue weighted by atomic mass is 10.2. The summed E-state index contributed by atoms with van der Waals surface area (Å²) in [5.41, 5.74) is 0.384. The van der Waals surface area contributed by atoms with Crippen LogP contribution in [0.2, 0.25) is 0 Å². The first kappa shape index (κ1) is 15.0. The molecule has 1 amide bonds. The summed E-state index contributed by atoms with van der Waals surface area (Å²) in [7, 11) is 0. The largest absolute Gasteiger partial charge is 0.309 e. The molecule has 0 atom stereocenters. The van der Waals surface area contributed by atoms with Gasteiger partial charge in [-0.15, -0.1) is 0 Å². The van der Waals surface area contributed by atoms with Crippen LogP contribution in [0, 0.1) is 0 Å². The molecular formula is C16H17N5O2. The summed E-state index contributed by atoms with van der Waals surface area (Å²) in [6.07, 6.45) is 3.02. The Kier molecular flexibility index (Phi) is 3.92. The number of hydrogen-bond acceptors (Lipinski definition) is 4. The summed E-state index contributed by atoms with van der Waals surface area (Å²) in [6, 6.07) is 8.91. The molecule has 1 N–H and O–H groups in total. The Labute approximate surface area is 132 Å². The third-order valence-corrected chi connectivity index (χ3v) is 3.47. The van der Waals surface area contributed by atoms with E-state index in [0.717, 1.165) is 0 Å². The molecule has 2 aromatic heterocycles. The van der Waals surface area contributed by atoms with E-state index < -0.39 is 0 Å². The van der Waals surface area contributed by atoms with Gasteiger partial charge in [-0.2, -0.15) is 5.10 Å². The van der Waals surface area contributed by atoms with Crippen molar-refractivity contribution in [2.45, 2.75) is 26.4 Å². The van der Waals surface area contributed by atoms with Gasteiger partial charge in [-0.05, 0) is 26.0 Å². The van der Waals surface area contributed by atoms with Crippen molar-refractivity contribution in [1.29, 1.82) is 0 Å². The lowest BCUT2D eigenvalue weighted by Crippen LogP contribution is -2.28. The van der Waals surface area contributed by atoms with Crippen LogP contribution in [0.25, 0.3) is 10.9 Å². The van der Waals surface area contributed by atoms with E-state index in [9.17, 15) is 9.59 Å². The van der Waals surface area contributed by atoms with Gasteiger partial charge in [0.25, 0.3) is 5.56 Å². The van der Waals surface area contributed by atoms with Crippen LogP contribution in [0.15, 0.2) is 47.7 Å². The van der Waals surface area contributed by atoms with Gasteiger partial charge in [-0.25, -0.2) is 9.67 Å². The lowest BCUT2D eigenvalue weighted by molar-refractivity contribution is -0.116. The second-order valence-corrected chi connectivity index (χ2v) is 5.50. The number of hydrogen-bond donors (Lipinski definition) is 1. The molecule has 0 aliphatic heterocycles. The average Bonchev–Trinajstić information content (AvgIpc) is 2.98. The van der Waals surface area contributed by atoms with E-state index in [-0.39, 0.29) is 24.1 Å². The molecule has 0 unspecified atom stereocenters. The molecule has 3 rings (SSSR count). The fourth-order valence-corrected chi connectivity index (χ4v) is 2.38. The molecule has 118 valence electrons. The summed E-state index contributed by atoms with van der Waals surface area (Å²) in [6.45, 7) is 3.85. The van der Waals surface area contributed by atoms with Gasteiger partial charge in [0.2, 0.25) is 5.91 Å². The third kappa shape index (κ3) is 2.98. The van der Waals surface area contributed by atoms with Crippen LogP contribution >= 0.6 is 0 Å². The summed E-state index contributed by atoms with van der Waals surface area (Å²) < 4.78 is 3.01. The van der Waals surface area contributed by atoms with Crippen LogP contribution in [-0.2, 0) is 11.3 Å². The van der Waals surface area contributed by atoms with Crippen molar-refractivity contribution in [2.75, 3.05) is 5.32 Å². The average molecular weight is 311 g/mol. The minimum absolute atomic E-state index is 0.0973. The molecule has 7 heteroatoms. The van der Waals surface area contributed by atoms with Crippen molar-refractivity contribution >= 4 is 22.6 Å². The van der Waals surface area contributed by atoms with Gasteiger partial charge >= 0.3 is 0 Å². The van der Waals surface area contributed by atoms with E-state index in [1.165, 1.54) is 10.9 Å². The van der Waals surface area contributed by atoms with E-state index in [1.54, 1.807) is 35.1 Å². The van der Waals surface area contributed by atoms with Crippen molar-refractivity contribution in [3.8, 4) is 0 Å². The number of nitrogens with zero attached hydrogens (tertiary/aromatic N) is 4. The zero-order valence-corrected chi connectivity index (χ0v) is 12.9. The van der Waals surface area contributed by atoms with Gasteiger partial charge in [0.1, 0.15) is 12.4 Å². The minimum atomic E-state index is -0.299. The van der Waals surface area contributed by atoms with Gasteiger partial charge in [0.15, 0.2) is 0 Å². The maximum absolute atomic E-state index is 12.4. The predicted octanol–water partition coefficient (Wildman–Crippen LogP) is 1.81. The van der Waals surface area contributed by atoms with Crippen LogP contribution in [0.4, 0.5) is 5.82 Å². The van der Waals surface area contributed by atoms with Crippen LogP contribution in [0.3, 0.4) is 0 Å². The highest BCUT2D eigenvalue weighted by Crippen LogP contribution is 2.13. The third-order valence-electron chi connectivity index (χ3n) is 3.47. The van der Waals surface area contributed by atoms with Crippen LogP contribution in [-0.4, -0.2) is 25.2 Å². The number of carbonyl (C=O) groups excluding carboxylic acids is 1. The van der Waals surface area contributed by atoms with Crippen molar-refractivity contribution in [1.82, 2.24) is 19.3 Å². The van der Waals surface area contributed by atoms with Crippen molar-refractivity contribution in [3.05, 3.63) is 53.2 Å². The summed E-state index contributed by atoms with van der Waals surface area (Å²) in [5, 5.41) is 7.42. The highest BCUT2D eigenvalue weighted by atomic mass is 16.2. The summed E-state index contributed by atoms with van der Waals surface area (Å²) in [4.78, 5) is 28.8. The Morgan fingerprint density at radius 2 is 2.04 bits per heavy atom. The zero-order valence-electron chi connectivity index (χ0n) is 12.9. The second-order valence-electron chi connectivity index (χ2n) is 5.50. The lowest BCUT2D eigenvalue weighted by Gasteiger charge is -2.12. The van der Waals surface area contributed by atoms with E-state index in [4.69, 9.17) is 0 Å². The monoisotopic (exact) mass is 311 g/mol. The summed E-state index contributed by atoms with van der Waals surface area (Å²) in [5.74, 6) is 0.304. The number of fused-ring (bicyclic) bond motifs is 1. The number of para-hydroxylation sites is 1. The Morgan fingerprint density at radius 1 is 1.26 bits per heavy atom. The maximum atomic E-state index is 12.4. The van der Waals surface area contributed by atoms with E-state index >= 15 is 0 Å². The van der Waals surface area contributed by atoms with E-state index in [0.29, 0.717) is 16.7 Å². The molecule has 1 aromatic carbocycles. The fourth-order valence-electron chi connectivity index (χ4n) is 2.38. The van der Waals surface area contributed by atoms with Crippen LogP contribution < -0.4 is 10.9 Å². The normalized spacial score (nSPS) is 11.1. The van der Waals surface area contributed by atoms with Crippen molar-refractivity contribution in [2.24, 2.45) is 0 Å². The van der Waals surface area contributed by atoms with Gasteiger partial charge in [-0.1, -0.05) is 12.1 Å². The molecule has 0 aliphatic carbocycles. The van der Waals surface area contributed by atoms with Gasteiger partial charge in [0, 0.05) is 12.1 Å². The topological polar surface area (TPSA) is 81.8 Å². The number of carbonyl (C=O) groups is 1. The molecule has 23 heavy (non-hydrogen) atoms. The van der Waals surface area contributed by atoms with Crippen LogP contribution in [0.1, 0.15) is 19.9 Å². The molecular weight excluding hydrogens is 294 g/mol. The summed E-state index contributed by atoms with van der Waals surface area (Å²) >= 11 is 0. The molecule has 0 spiro atoms. The van der Waals surface area contributed by atoms with Crippen molar-refractivity contribution < 1.29 is 4.79 Å². The zero-order chi connectivity index (χ0) is 16.4. The first-order chi connectivity index (χ1) is 11.1. The first-order valence-corrected chi connectivity index (χ1v) is 7.34. The Bertz CT molecular complexity index is 910. The fraction of sp³-hybridized carbons (Fsp3) is 0.250. The SMILES string of the molecule is CC(C)n1nccc1NC(=O)Cn1cnc2ccccc2c1=O. The number of benzene rings is 1. The highest BCUT2D eigenvalue weighted by Gasteiger charge is 2.11. The maximum Gasteiger partial charge on any atom is 0.261 e. The molecule has 0 aliphatic rings. The van der Waals surface area contributed by atoms with Gasteiger partial charge < -0.3 is 5.32 Å². The number of aromatic nitrogens is 4. The highest BCUT2D eigenvalue weighted by molar-refractivity contribution is 5.89. The Balaban J connectivity index is 1.82. The van der Waals surface area contributed by atoms with Crippen LogP contribution in [0.5, 0.6) is 0 Å².